The Bertz CT molecular complexity index is 299. The third kappa shape index (κ3) is 4.13. The molecule has 1 aromatic rings. The van der Waals surface area contributed by atoms with Crippen molar-refractivity contribution < 1.29 is 44.2 Å². The molecule has 0 saturated carbocycles. The van der Waals surface area contributed by atoms with Crippen LogP contribution in [-0.4, -0.2) is 13.1 Å². The predicted octanol–water partition coefficient (Wildman–Crippen LogP) is -2.62. The van der Waals surface area contributed by atoms with Crippen molar-refractivity contribution in [2.45, 2.75) is 12.8 Å². The minimum absolute atomic E-state index is 0. The third-order valence-electron chi connectivity index (χ3n) is 1.79. The summed E-state index contributed by atoms with van der Waals surface area (Å²) in [7, 11) is 1.57. The van der Waals surface area contributed by atoms with Crippen LogP contribution < -0.4 is 39.4 Å². The maximum Gasteiger partial charge on any atom is 1.00 e. The summed E-state index contributed by atoms with van der Waals surface area (Å²) in [5, 5.41) is 10.2. The van der Waals surface area contributed by atoms with Crippen LogP contribution in [0.1, 0.15) is 12.0 Å². The summed E-state index contributed by atoms with van der Waals surface area (Å²) in [5.74, 6) is -0.311. The number of aryl methyl sites for hydroxylation is 1. The van der Waals surface area contributed by atoms with Gasteiger partial charge in [-0.2, -0.15) is 0 Å². The number of carbonyl (C=O) groups is 1. The summed E-state index contributed by atoms with van der Waals surface area (Å²) in [6, 6.07) is 7.36. The second-order valence-electron chi connectivity index (χ2n) is 2.68. The van der Waals surface area contributed by atoms with E-state index in [1.165, 1.54) is 0 Å². The smallest absolute Gasteiger partial charge is 0.550 e. The number of para-hydroxylation sites is 1. The normalized spacial score (nSPS) is 8.93. The van der Waals surface area contributed by atoms with E-state index in [2.05, 4.69) is 0 Å². The van der Waals surface area contributed by atoms with Crippen LogP contribution in [0, 0.1) is 0 Å². The number of carbonyl (C=O) groups excluding carboxylic acids is 1. The fraction of sp³-hybridized carbons (Fsp3) is 0.300. The van der Waals surface area contributed by atoms with Crippen LogP contribution in [0.15, 0.2) is 24.3 Å². The van der Waals surface area contributed by atoms with E-state index in [4.69, 9.17) is 4.74 Å². The van der Waals surface area contributed by atoms with Gasteiger partial charge in [0.15, 0.2) is 0 Å². The summed E-state index contributed by atoms with van der Waals surface area (Å²) in [5.41, 5.74) is 0.897. The Kier molecular flexibility index (Phi) is 6.62. The van der Waals surface area contributed by atoms with E-state index in [9.17, 15) is 9.90 Å². The van der Waals surface area contributed by atoms with Crippen molar-refractivity contribution in [1.29, 1.82) is 0 Å². The Morgan fingerprint density at radius 1 is 1.43 bits per heavy atom. The Morgan fingerprint density at radius 2 is 2.07 bits per heavy atom. The molecular formula is C10H11NaO3. The number of carboxylic acid groups (broad SMARTS) is 1. The summed E-state index contributed by atoms with van der Waals surface area (Å²) in [6.45, 7) is 0. The van der Waals surface area contributed by atoms with Gasteiger partial charge in [-0.15, -0.1) is 0 Å². The maximum atomic E-state index is 10.2. The number of rotatable bonds is 4. The molecule has 0 aromatic heterocycles. The first-order valence-corrected chi connectivity index (χ1v) is 4.06. The Labute approximate surface area is 105 Å². The van der Waals surface area contributed by atoms with Gasteiger partial charge < -0.3 is 14.6 Å². The third-order valence-corrected chi connectivity index (χ3v) is 1.79. The second-order valence-corrected chi connectivity index (χ2v) is 2.68. The molecule has 0 atom stereocenters. The zero-order valence-corrected chi connectivity index (χ0v) is 10.4. The molecule has 0 aliphatic heterocycles. The van der Waals surface area contributed by atoms with E-state index in [0.29, 0.717) is 6.42 Å². The molecule has 0 spiro atoms. The molecule has 0 amide bonds. The zero-order chi connectivity index (χ0) is 9.68. The predicted molar refractivity (Wildman–Crippen MR) is 46.3 cm³/mol. The van der Waals surface area contributed by atoms with Crippen LogP contribution in [0.5, 0.6) is 5.75 Å². The van der Waals surface area contributed by atoms with Gasteiger partial charge in [0.1, 0.15) is 5.75 Å². The van der Waals surface area contributed by atoms with Crippen LogP contribution >= 0.6 is 0 Å². The molecule has 0 unspecified atom stereocenters. The number of hydrogen-bond acceptors (Lipinski definition) is 3. The molecule has 1 aromatic carbocycles. The van der Waals surface area contributed by atoms with Crippen molar-refractivity contribution in [3.63, 3.8) is 0 Å². The fourth-order valence-electron chi connectivity index (χ4n) is 1.15. The van der Waals surface area contributed by atoms with Gasteiger partial charge in [0.2, 0.25) is 0 Å². The number of aliphatic carboxylic acids is 1. The summed E-state index contributed by atoms with van der Waals surface area (Å²) in [6.07, 6.45) is 0.479. The van der Waals surface area contributed by atoms with Crippen LogP contribution in [0.25, 0.3) is 0 Å². The molecule has 0 aliphatic carbocycles. The average Bonchev–Trinajstić information content (AvgIpc) is 2.15. The molecule has 0 bridgehead atoms. The number of hydrogen-bond donors (Lipinski definition) is 0. The molecule has 0 radical (unpaired) electrons. The van der Waals surface area contributed by atoms with Gasteiger partial charge in [0.25, 0.3) is 0 Å². The van der Waals surface area contributed by atoms with Crippen molar-refractivity contribution in [3.05, 3.63) is 29.8 Å². The van der Waals surface area contributed by atoms with Gasteiger partial charge in [-0.3, -0.25) is 0 Å². The van der Waals surface area contributed by atoms with E-state index in [1.807, 2.05) is 24.3 Å². The summed E-state index contributed by atoms with van der Waals surface area (Å²) < 4.78 is 5.06. The summed E-state index contributed by atoms with van der Waals surface area (Å²) >= 11 is 0. The maximum absolute atomic E-state index is 10.2. The average molecular weight is 202 g/mol. The molecule has 14 heavy (non-hydrogen) atoms. The van der Waals surface area contributed by atoms with Crippen molar-refractivity contribution in [2.24, 2.45) is 0 Å². The van der Waals surface area contributed by atoms with Gasteiger partial charge in [0.05, 0.1) is 7.11 Å². The van der Waals surface area contributed by atoms with Gasteiger partial charge in [-0.1, -0.05) is 18.2 Å². The van der Waals surface area contributed by atoms with Crippen molar-refractivity contribution in [3.8, 4) is 5.75 Å². The molecule has 1 rings (SSSR count). The van der Waals surface area contributed by atoms with Crippen LogP contribution in [0.2, 0.25) is 0 Å². The number of methoxy groups -OCH3 is 1. The quantitative estimate of drug-likeness (QED) is 0.502. The Morgan fingerprint density at radius 3 is 2.64 bits per heavy atom. The fourth-order valence-corrected chi connectivity index (χ4v) is 1.15. The van der Waals surface area contributed by atoms with E-state index < -0.39 is 5.97 Å². The molecule has 4 heteroatoms. The minimum Gasteiger partial charge on any atom is -0.550 e. The van der Waals surface area contributed by atoms with Crippen molar-refractivity contribution in [2.75, 3.05) is 7.11 Å². The molecule has 0 N–H and O–H groups in total. The second kappa shape index (κ2) is 6.87. The number of carboxylic acids is 1. The number of ether oxygens (including phenoxy) is 1. The summed E-state index contributed by atoms with van der Waals surface area (Å²) in [4.78, 5) is 10.2. The van der Waals surface area contributed by atoms with E-state index in [1.54, 1.807) is 7.11 Å². The van der Waals surface area contributed by atoms with Crippen molar-refractivity contribution >= 4 is 5.97 Å². The van der Waals surface area contributed by atoms with E-state index >= 15 is 0 Å². The van der Waals surface area contributed by atoms with Crippen molar-refractivity contribution in [1.82, 2.24) is 0 Å². The minimum atomic E-state index is -1.04. The van der Waals surface area contributed by atoms with E-state index in [0.717, 1.165) is 11.3 Å². The standard InChI is InChI=1S/C10H12O3.Na/c1-13-9-5-3-2-4-8(9)6-7-10(11)12;/h2-5H,6-7H2,1H3,(H,11,12);/q;+1/p-1. The van der Waals surface area contributed by atoms with Crippen LogP contribution in [-0.2, 0) is 11.2 Å². The molecule has 0 aliphatic rings. The van der Waals surface area contributed by atoms with Gasteiger partial charge in [-0.25, -0.2) is 0 Å². The Hall–Kier alpha value is -0.510. The monoisotopic (exact) mass is 202 g/mol. The molecule has 3 nitrogen and oxygen atoms in total. The molecule has 0 fully saturated rings. The number of benzene rings is 1. The zero-order valence-electron chi connectivity index (χ0n) is 8.45. The first-order valence-electron chi connectivity index (χ1n) is 4.06. The first-order chi connectivity index (χ1) is 6.24. The van der Waals surface area contributed by atoms with Gasteiger partial charge >= 0.3 is 29.6 Å². The molecular weight excluding hydrogens is 191 g/mol. The Balaban J connectivity index is 0.00000169. The SMILES string of the molecule is COc1ccccc1CCC(=O)[O-].[Na+]. The van der Waals surface area contributed by atoms with E-state index in [-0.39, 0.29) is 36.0 Å². The van der Waals surface area contributed by atoms with Gasteiger partial charge in [-0.05, 0) is 24.5 Å². The largest absolute Gasteiger partial charge is 1.00 e. The van der Waals surface area contributed by atoms with Crippen LogP contribution in [0.4, 0.5) is 0 Å². The van der Waals surface area contributed by atoms with Crippen LogP contribution in [0.3, 0.4) is 0 Å². The molecule has 0 heterocycles. The topological polar surface area (TPSA) is 49.4 Å². The first kappa shape index (κ1) is 13.5. The van der Waals surface area contributed by atoms with Gasteiger partial charge in [0, 0.05) is 5.97 Å². The molecule has 0 saturated heterocycles. The molecule has 70 valence electrons.